The lowest BCUT2D eigenvalue weighted by atomic mass is 10.1. The van der Waals surface area contributed by atoms with Gasteiger partial charge >= 0.3 is 0 Å². The highest BCUT2D eigenvalue weighted by molar-refractivity contribution is 5.82. The van der Waals surface area contributed by atoms with Crippen LogP contribution in [0.3, 0.4) is 0 Å². The van der Waals surface area contributed by atoms with Gasteiger partial charge in [-0.3, -0.25) is 20.4 Å². The molecule has 1 heterocycles. The van der Waals surface area contributed by atoms with E-state index in [1.165, 1.54) is 18.2 Å². The maximum Gasteiger partial charge on any atom is 0.276 e. The number of ether oxygens (including phenoxy) is 1. The van der Waals surface area contributed by atoms with Gasteiger partial charge in [-0.2, -0.15) is 4.98 Å². The van der Waals surface area contributed by atoms with Crippen LogP contribution in [0, 0.1) is 12.7 Å². The predicted octanol–water partition coefficient (Wildman–Crippen LogP) is 2.34. The zero-order valence-corrected chi connectivity index (χ0v) is 15.6. The number of benzene rings is 2. The molecule has 1 aromatic heterocycles. The maximum absolute atomic E-state index is 13.4. The first kappa shape index (κ1) is 20.0. The van der Waals surface area contributed by atoms with Crippen molar-refractivity contribution in [2.75, 3.05) is 6.61 Å². The first-order valence-corrected chi connectivity index (χ1v) is 8.86. The van der Waals surface area contributed by atoms with Crippen LogP contribution in [0.4, 0.5) is 4.39 Å². The van der Waals surface area contributed by atoms with Crippen LogP contribution < -0.4 is 15.6 Å². The molecule has 0 atom stereocenters. The third-order valence-electron chi connectivity index (χ3n) is 3.88. The minimum absolute atomic E-state index is 0.0317. The number of carbonyl (C=O) groups excluding carboxylic acids is 2. The number of halogens is 1. The molecule has 2 N–H and O–H groups in total. The second-order valence-electron chi connectivity index (χ2n) is 6.19. The molecule has 0 saturated heterocycles. The van der Waals surface area contributed by atoms with Gasteiger partial charge in [-0.1, -0.05) is 47.1 Å². The van der Waals surface area contributed by atoms with Crippen LogP contribution in [0.15, 0.2) is 53.1 Å². The number of aryl methyl sites for hydroxylation is 2. The van der Waals surface area contributed by atoms with Crippen LogP contribution in [-0.4, -0.2) is 28.6 Å². The summed E-state index contributed by atoms with van der Waals surface area (Å²) in [6.45, 7) is 1.54. The third-order valence-corrected chi connectivity index (χ3v) is 3.88. The van der Waals surface area contributed by atoms with Gasteiger partial charge in [0.15, 0.2) is 18.2 Å². The van der Waals surface area contributed by atoms with E-state index < -0.39 is 24.2 Å². The Kier molecular flexibility index (Phi) is 6.51. The Balaban J connectivity index is 1.39. The minimum Gasteiger partial charge on any atom is -0.481 e. The number of hydrazine groups is 1. The summed E-state index contributed by atoms with van der Waals surface area (Å²) in [6.07, 6.45) is 0.246. The maximum atomic E-state index is 13.4. The Hall–Kier alpha value is -3.75. The molecule has 0 fully saturated rings. The van der Waals surface area contributed by atoms with Crippen molar-refractivity contribution < 1.29 is 23.2 Å². The summed E-state index contributed by atoms with van der Waals surface area (Å²) in [7, 11) is 0. The highest BCUT2D eigenvalue weighted by Crippen LogP contribution is 2.17. The molecule has 0 unspecified atom stereocenters. The summed E-state index contributed by atoms with van der Waals surface area (Å²) < 4.78 is 23.6. The lowest BCUT2D eigenvalue weighted by molar-refractivity contribution is -0.130. The van der Waals surface area contributed by atoms with Gasteiger partial charge in [0.05, 0.1) is 0 Å². The van der Waals surface area contributed by atoms with E-state index in [0.29, 0.717) is 11.7 Å². The Morgan fingerprint density at radius 2 is 1.79 bits per heavy atom. The van der Waals surface area contributed by atoms with Crippen LogP contribution in [0.5, 0.6) is 5.75 Å². The van der Waals surface area contributed by atoms with Crippen LogP contribution in [0.2, 0.25) is 0 Å². The first-order chi connectivity index (χ1) is 14.0. The summed E-state index contributed by atoms with van der Waals surface area (Å²) in [6, 6.07) is 13.4. The summed E-state index contributed by atoms with van der Waals surface area (Å²) >= 11 is 0. The van der Waals surface area contributed by atoms with E-state index in [1.807, 2.05) is 31.2 Å². The standard InChI is InChI=1S/C20H19FN4O4/c1-13-6-8-14(9-7-13)20-22-19(29-25-20)11-10-17(26)23-24-18(27)12-28-16-5-3-2-4-15(16)21/h2-9H,10-12H2,1H3,(H,23,26)(H,24,27). The number of nitrogens with zero attached hydrogens (tertiary/aromatic N) is 2. The quantitative estimate of drug-likeness (QED) is 0.592. The van der Waals surface area contributed by atoms with Gasteiger partial charge < -0.3 is 9.26 Å². The van der Waals surface area contributed by atoms with E-state index in [4.69, 9.17) is 9.26 Å². The SMILES string of the molecule is Cc1ccc(-c2noc(CCC(=O)NNC(=O)COc3ccccc3F)n2)cc1. The highest BCUT2D eigenvalue weighted by Gasteiger charge is 2.12. The second kappa shape index (κ2) is 9.45. The molecule has 150 valence electrons. The molecule has 9 heteroatoms. The van der Waals surface area contributed by atoms with Gasteiger partial charge in [0.25, 0.3) is 5.91 Å². The number of amides is 2. The summed E-state index contributed by atoms with van der Waals surface area (Å²) in [5, 5.41) is 3.89. The Labute approximate surface area is 166 Å². The number of rotatable bonds is 7. The van der Waals surface area contributed by atoms with Crippen LogP contribution in [0.1, 0.15) is 17.9 Å². The van der Waals surface area contributed by atoms with Gasteiger partial charge in [0.2, 0.25) is 17.6 Å². The number of hydrogen-bond donors (Lipinski definition) is 2. The molecule has 0 aliphatic carbocycles. The molecule has 0 spiro atoms. The number of hydrogen-bond acceptors (Lipinski definition) is 6. The molecule has 0 radical (unpaired) electrons. The highest BCUT2D eigenvalue weighted by atomic mass is 19.1. The molecular weight excluding hydrogens is 379 g/mol. The molecule has 2 aromatic carbocycles. The van der Waals surface area contributed by atoms with E-state index in [2.05, 4.69) is 21.0 Å². The van der Waals surface area contributed by atoms with Crippen molar-refractivity contribution in [1.29, 1.82) is 0 Å². The second-order valence-corrected chi connectivity index (χ2v) is 6.19. The number of para-hydroxylation sites is 1. The lowest BCUT2D eigenvalue weighted by Gasteiger charge is -2.08. The fraction of sp³-hybridized carbons (Fsp3) is 0.200. The zero-order valence-electron chi connectivity index (χ0n) is 15.6. The largest absolute Gasteiger partial charge is 0.481 e. The fourth-order valence-electron chi connectivity index (χ4n) is 2.34. The van der Waals surface area contributed by atoms with Crippen molar-refractivity contribution in [1.82, 2.24) is 21.0 Å². The van der Waals surface area contributed by atoms with Crippen molar-refractivity contribution in [2.45, 2.75) is 19.8 Å². The number of carbonyl (C=O) groups is 2. The Morgan fingerprint density at radius 1 is 1.07 bits per heavy atom. The van der Waals surface area contributed by atoms with E-state index in [0.717, 1.165) is 11.1 Å². The van der Waals surface area contributed by atoms with Crippen LogP contribution in [-0.2, 0) is 16.0 Å². The topological polar surface area (TPSA) is 106 Å². The van der Waals surface area contributed by atoms with Gasteiger partial charge in [0.1, 0.15) is 0 Å². The van der Waals surface area contributed by atoms with Crippen molar-refractivity contribution in [3.8, 4) is 17.1 Å². The zero-order chi connectivity index (χ0) is 20.6. The molecule has 0 bridgehead atoms. The summed E-state index contributed by atoms with van der Waals surface area (Å²) in [5.74, 6) is -0.937. The number of nitrogens with one attached hydrogen (secondary N) is 2. The van der Waals surface area contributed by atoms with Crippen LogP contribution in [0.25, 0.3) is 11.4 Å². The molecule has 3 rings (SSSR count). The van der Waals surface area contributed by atoms with Gasteiger partial charge in [0, 0.05) is 18.4 Å². The van der Waals surface area contributed by atoms with Crippen molar-refractivity contribution in [3.63, 3.8) is 0 Å². The van der Waals surface area contributed by atoms with Gasteiger partial charge in [-0.05, 0) is 19.1 Å². The molecule has 29 heavy (non-hydrogen) atoms. The average Bonchev–Trinajstić information content (AvgIpc) is 3.19. The van der Waals surface area contributed by atoms with E-state index in [-0.39, 0.29) is 18.6 Å². The summed E-state index contributed by atoms with van der Waals surface area (Å²) in [5.41, 5.74) is 6.38. The molecule has 0 aliphatic heterocycles. The minimum atomic E-state index is -0.624. The van der Waals surface area contributed by atoms with Gasteiger partial charge in [-0.25, -0.2) is 4.39 Å². The Morgan fingerprint density at radius 3 is 2.55 bits per heavy atom. The number of aromatic nitrogens is 2. The van der Waals surface area contributed by atoms with E-state index in [9.17, 15) is 14.0 Å². The molecule has 0 saturated carbocycles. The predicted molar refractivity (Wildman–Crippen MR) is 101 cm³/mol. The summed E-state index contributed by atoms with van der Waals surface area (Å²) in [4.78, 5) is 27.8. The molecule has 2 amide bonds. The average molecular weight is 398 g/mol. The normalized spacial score (nSPS) is 10.4. The fourth-order valence-corrected chi connectivity index (χ4v) is 2.34. The molecule has 8 nitrogen and oxygen atoms in total. The van der Waals surface area contributed by atoms with Crippen molar-refractivity contribution in [2.24, 2.45) is 0 Å². The van der Waals surface area contributed by atoms with Crippen LogP contribution >= 0.6 is 0 Å². The van der Waals surface area contributed by atoms with E-state index in [1.54, 1.807) is 6.07 Å². The van der Waals surface area contributed by atoms with Gasteiger partial charge in [-0.15, -0.1) is 0 Å². The van der Waals surface area contributed by atoms with Crippen molar-refractivity contribution in [3.05, 3.63) is 65.8 Å². The smallest absolute Gasteiger partial charge is 0.276 e. The third kappa shape index (κ3) is 5.86. The van der Waals surface area contributed by atoms with Crippen molar-refractivity contribution >= 4 is 11.8 Å². The van der Waals surface area contributed by atoms with E-state index >= 15 is 0 Å². The Bertz CT molecular complexity index is 988. The molecular formula is C20H19FN4O4. The lowest BCUT2D eigenvalue weighted by Crippen LogP contribution is -2.43. The molecule has 3 aromatic rings. The first-order valence-electron chi connectivity index (χ1n) is 8.86. The monoisotopic (exact) mass is 398 g/mol. The molecule has 0 aliphatic rings.